The van der Waals surface area contributed by atoms with Crippen LogP contribution in [0.4, 0.5) is 0 Å². The molecule has 7 nitrogen and oxygen atoms in total. The Morgan fingerprint density at radius 2 is 1.70 bits per heavy atom. The Kier molecular flexibility index (Phi) is 7.43. The predicted molar refractivity (Wildman–Crippen MR) is 111 cm³/mol. The molecular weight excluding hydrogens is 384 g/mol. The Morgan fingerprint density at radius 1 is 1.00 bits per heavy atom. The van der Waals surface area contributed by atoms with E-state index in [1.165, 1.54) is 6.92 Å². The first-order chi connectivity index (χ1) is 14.5. The van der Waals surface area contributed by atoms with E-state index in [2.05, 4.69) is 5.32 Å². The molecule has 2 aromatic carbocycles. The first kappa shape index (κ1) is 21.4. The van der Waals surface area contributed by atoms with E-state index in [4.69, 9.17) is 9.47 Å². The summed E-state index contributed by atoms with van der Waals surface area (Å²) in [6.07, 6.45) is 1.72. The number of likely N-dealkylation sites (tertiary alicyclic amines) is 1. The van der Waals surface area contributed by atoms with Gasteiger partial charge in [0.15, 0.2) is 0 Å². The highest BCUT2D eigenvalue weighted by Gasteiger charge is 2.24. The van der Waals surface area contributed by atoms with Gasteiger partial charge in [0.25, 0.3) is 5.91 Å². The van der Waals surface area contributed by atoms with Crippen LogP contribution in [0, 0.1) is 0 Å². The van der Waals surface area contributed by atoms with Gasteiger partial charge in [0.1, 0.15) is 11.5 Å². The first-order valence-corrected chi connectivity index (χ1v) is 10.1. The van der Waals surface area contributed by atoms with E-state index in [1.54, 1.807) is 24.3 Å². The molecule has 30 heavy (non-hydrogen) atoms. The largest absolute Gasteiger partial charge is 0.493 e. The lowest BCUT2D eigenvalue weighted by molar-refractivity contribution is -0.133. The number of esters is 1. The molecule has 0 bridgehead atoms. The molecule has 2 aromatic rings. The highest BCUT2D eigenvalue weighted by Crippen LogP contribution is 2.16. The molecule has 1 aliphatic rings. The van der Waals surface area contributed by atoms with Crippen molar-refractivity contribution in [2.24, 2.45) is 0 Å². The van der Waals surface area contributed by atoms with E-state index in [-0.39, 0.29) is 17.9 Å². The van der Waals surface area contributed by atoms with E-state index in [0.717, 1.165) is 5.75 Å². The number of hydrogen-bond acceptors (Lipinski definition) is 5. The summed E-state index contributed by atoms with van der Waals surface area (Å²) in [5.74, 6) is 0.506. The van der Waals surface area contributed by atoms with Crippen LogP contribution in [0.1, 0.15) is 36.5 Å². The molecule has 7 heteroatoms. The second kappa shape index (κ2) is 10.4. The average molecular weight is 410 g/mol. The van der Waals surface area contributed by atoms with Crippen molar-refractivity contribution in [2.45, 2.75) is 32.2 Å². The van der Waals surface area contributed by atoms with Crippen molar-refractivity contribution in [3.63, 3.8) is 0 Å². The lowest BCUT2D eigenvalue weighted by atomic mass is 10.0. The molecule has 0 spiro atoms. The molecule has 1 N–H and O–H groups in total. The first-order valence-electron chi connectivity index (χ1n) is 10.1. The maximum absolute atomic E-state index is 12.5. The number of amides is 2. The number of nitrogens with one attached hydrogen (secondary N) is 1. The quantitative estimate of drug-likeness (QED) is 0.560. The Morgan fingerprint density at radius 3 is 2.40 bits per heavy atom. The van der Waals surface area contributed by atoms with E-state index < -0.39 is 5.97 Å². The zero-order valence-electron chi connectivity index (χ0n) is 17.0. The summed E-state index contributed by atoms with van der Waals surface area (Å²) in [6.45, 7) is 2.86. The second-order valence-electron chi connectivity index (χ2n) is 7.16. The minimum atomic E-state index is -0.432. The monoisotopic (exact) mass is 410 g/mol. The standard InChI is InChI=1S/C23H26N2O5/c1-17(26)30-21-9-5-6-18(16-21)23(28)24-19-10-13-25(14-11-19)22(27)12-15-29-20-7-3-2-4-8-20/h2-9,16,19H,10-15H2,1H3,(H,24,28). The van der Waals surface area contributed by atoms with Crippen molar-refractivity contribution in [1.29, 1.82) is 0 Å². The third kappa shape index (κ3) is 6.34. The van der Waals surface area contributed by atoms with Gasteiger partial charge in [0.2, 0.25) is 5.91 Å². The van der Waals surface area contributed by atoms with Crippen LogP contribution in [0.3, 0.4) is 0 Å². The molecule has 0 saturated carbocycles. The van der Waals surface area contributed by atoms with Crippen molar-refractivity contribution in [2.75, 3.05) is 19.7 Å². The molecule has 1 heterocycles. The Bertz CT molecular complexity index is 876. The zero-order chi connectivity index (χ0) is 21.3. The molecule has 158 valence electrons. The molecule has 0 aliphatic carbocycles. The highest BCUT2D eigenvalue weighted by molar-refractivity contribution is 5.95. The summed E-state index contributed by atoms with van der Waals surface area (Å²) in [7, 11) is 0. The smallest absolute Gasteiger partial charge is 0.308 e. The van der Waals surface area contributed by atoms with Crippen LogP contribution in [-0.4, -0.2) is 48.4 Å². The lowest BCUT2D eigenvalue weighted by Gasteiger charge is -2.32. The number of piperidine rings is 1. The molecule has 1 fully saturated rings. The summed E-state index contributed by atoms with van der Waals surface area (Å²) in [6, 6.07) is 15.9. The number of carbonyl (C=O) groups is 3. The Hall–Kier alpha value is -3.35. The second-order valence-corrected chi connectivity index (χ2v) is 7.16. The Balaban J connectivity index is 1.41. The van der Waals surface area contributed by atoms with Gasteiger partial charge in [-0.05, 0) is 43.2 Å². The number of carbonyl (C=O) groups excluding carboxylic acids is 3. The molecular formula is C23H26N2O5. The van der Waals surface area contributed by atoms with Gasteiger partial charge < -0.3 is 19.7 Å². The topological polar surface area (TPSA) is 84.9 Å². The summed E-state index contributed by atoms with van der Waals surface area (Å²) in [4.78, 5) is 37.8. The maximum atomic E-state index is 12.5. The Labute approximate surface area is 176 Å². The predicted octanol–water partition coefficient (Wildman–Crippen LogP) is 2.80. The fourth-order valence-electron chi connectivity index (χ4n) is 3.34. The summed E-state index contributed by atoms with van der Waals surface area (Å²) >= 11 is 0. The van der Waals surface area contributed by atoms with Crippen LogP contribution in [0.2, 0.25) is 0 Å². The van der Waals surface area contributed by atoms with Gasteiger partial charge in [0.05, 0.1) is 13.0 Å². The number of ether oxygens (including phenoxy) is 2. The summed E-state index contributed by atoms with van der Waals surface area (Å²) < 4.78 is 10.6. The van der Waals surface area contributed by atoms with Crippen LogP contribution in [0.5, 0.6) is 11.5 Å². The fourth-order valence-corrected chi connectivity index (χ4v) is 3.34. The average Bonchev–Trinajstić information content (AvgIpc) is 2.74. The van der Waals surface area contributed by atoms with Gasteiger partial charge in [-0.15, -0.1) is 0 Å². The van der Waals surface area contributed by atoms with Gasteiger partial charge in [-0.3, -0.25) is 14.4 Å². The van der Waals surface area contributed by atoms with Crippen molar-refractivity contribution in [3.8, 4) is 11.5 Å². The number of benzene rings is 2. The zero-order valence-corrected chi connectivity index (χ0v) is 17.0. The molecule has 0 radical (unpaired) electrons. The maximum Gasteiger partial charge on any atom is 0.308 e. The van der Waals surface area contributed by atoms with Crippen LogP contribution in [0.25, 0.3) is 0 Å². The van der Waals surface area contributed by atoms with Gasteiger partial charge in [-0.1, -0.05) is 24.3 Å². The number of rotatable bonds is 7. The number of hydrogen-bond donors (Lipinski definition) is 1. The van der Waals surface area contributed by atoms with E-state index >= 15 is 0 Å². The number of nitrogens with zero attached hydrogens (tertiary/aromatic N) is 1. The fraction of sp³-hybridized carbons (Fsp3) is 0.348. The van der Waals surface area contributed by atoms with Crippen molar-refractivity contribution in [1.82, 2.24) is 10.2 Å². The van der Waals surface area contributed by atoms with Gasteiger partial charge in [-0.25, -0.2) is 0 Å². The minimum Gasteiger partial charge on any atom is -0.493 e. The summed E-state index contributed by atoms with van der Waals surface area (Å²) in [5.41, 5.74) is 0.435. The third-order valence-electron chi connectivity index (χ3n) is 4.87. The van der Waals surface area contributed by atoms with E-state index in [0.29, 0.717) is 50.3 Å². The molecule has 2 amide bonds. The molecule has 1 aliphatic heterocycles. The molecule has 0 atom stereocenters. The van der Waals surface area contributed by atoms with Crippen LogP contribution in [-0.2, 0) is 9.59 Å². The van der Waals surface area contributed by atoms with Gasteiger partial charge in [0, 0.05) is 31.6 Å². The molecule has 1 saturated heterocycles. The van der Waals surface area contributed by atoms with E-state index in [9.17, 15) is 14.4 Å². The lowest BCUT2D eigenvalue weighted by Crippen LogP contribution is -2.46. The van der Waals surface area contributed by atoms with Crippen molar-refractivity contribution >= 4 is 17.8 Å². The highest BCUT2D eigenvalue weighted by atomic mass is 16.5. The summed E-state index contributed by atoms with van der Waals surface area (Å²) in [5, 5.41) is 3.00. The van der Waals surface area contributed by atoms with Gasteiger partial charge in [-0.2, -0.15) is 0 Å². The SMILES string of the molecule is CC(=O)Oc1cccc(C(=O)NC2CCN(C(=O)CCOc3ccccc3)CC2)c1. The minimum absolute atomic E-state index is 0.000463. The number of para-hydroxylation sites is 1. The van der Waals surface area contributed by atoms with Crippen molar-refractivity contribution < 1.29 is 23.9 Å². The normalized spacial score (nSPS) is 14.1. The van der Waals surface area contributed by atoms with Gasteiger partial charge >= 0.3 is 5.97 Å². The molecule has 0 aromatic heterocycles. The van der Waals surface area contributed by atoms with Crippen LogP contribution >= 0.6 is 0 Å². The van der Waals surface area contributed by atoms with Crippen LogP contribution in [0.15, 0.2) is 54.6 Å². The molecule has 0 unspecified atom stereocenters. The van der Waals surface area contributed by atoms with Crippen molar-refractivity contribution in [3.05, 3.63) is 60.2 Å². The molecule has 3 rings (SSSR count). The van der Waals surface area contributed by atoms with E-state index in [1.807, 2.05) is 35.2 Å². The van der Waals surface area contributed by atoms with Crippen LogP contribution < -0.4 is 14.8 Å². The third-order valence-corrected chi connectivity index (χ3v) is 4.87.